The molecule has 0 aliphatic carbocycles. The first-order chi connectivity index (χ1) is 8.18. The highest BCUT2D eigenvalue weighted by atomic mass is 79.9. The number of benzene rings is 1. The van der Waals surface area contributed by atoms with Gasteiger partial charge >= 0.3 is 0 Å². The van der Waals surface area contributed by atoms with Gasteiger partial charge in [0.2, 0.25) is 0 Å². The highest BCUT2D eigenvalue weighted by Gasteiger charge is 2.02. The fourth-order valence-corrected chi connectivity index (χ4v) is 2.22. The van der Waals surface area contributed by atoms with Crippen molar-refractivity contribution >= 4 is 15.9 Å². The Morgan fingerprint density at radius 1 is 1.29 bits per heavy atom. The number of nitrogens with zero attached hydrogens (tertiary/aromatic N) is 1. The molecule has 0 aromatic heterocycles. The van der Waals surface area contributed by atoms with Gasteiger partial charge in [0.1, 0.15) is 0 Å². The lowest BCUT2D eigenvalue weighted by Gasteiger charge is -2.17. The average molecular weight is 300 g/mol. The third kappa shape index (κ3) is 7.53. The third-order valence-electron chi connectivity index (χ3n) is 2.50. The first-order valence-electron chi connectivity index (χ1n) is 6.13. The Balaban J connectivity index is 2.01. The van der Waals surface area contributed by atoms with Crippen molar-refractivity contribution < 1.29 is 4.74 Å². The molecule has 0 bridgehead atoms. The zero-order chi connectivity index (χ0) is 12.5. The Morgan fingerprint density at radius 3 is 2.65 bits per heavy atom. The molecular formula is C14H22BrNO. The molecular weight excluding hydrogens is 278 g/mol. The average Bonchev–Trinajstić information content (AvgIpc) is 2.29. The van der Waals surface area contributed by atoms with Crippen molar-refractivity contribution in [3.05, 3.63) is 35.9 Å². The van der Waals surface area contributed by atoms with Crippen LogP contribution in [0.2, 0.25) is 0 Å². The summed E-state index contributed by atoms with van der Waals surface area (Å²) < 4.78 is 5.64. The van der Waals surface area contributed by atoms with E-state index in [0.29, 0.717) is 4.83 Å². The van der Waals surface area contributed by atoms with E-state index in [1.54, 1.807) is 0 Å². The molecule has 0 saturated heterocycles. The van der Waals surface area contributed by atoms with Gasteiger partial charge in [-0.05, 0) is 19.0 Å². The standard InChI is InChI=1S/C14H22BrNO/c1-13(15)11-16(2)9-6-10-17-12-14-7-4-3-5-8-14/h3-5,7-8,13H,6,9-12H2,1-2H3. The molecule has 0 N–H and O–H groups in total. The monoisotopic (exact) mass is 299 g/mol. The molecule has 0 spiro atoms. The van der Waals surface area contributed by atoms with Crippen LogP contribution in [0.15, 0.2) is 30.3 Å². The molecule has 17 heavy (non-hydrogen) atoms. The maximum Gasteiger partial charge on any atom is 0.0716 e. The zero-order valence-corrected chi connectivity index (χ0v) is 12.3. The lowest BCUT2D eigenvalue weighted by atomic mass is 10.2. The highest BCUT2D eigenvalue weighted by Crippen LogP contribution is 2.02. The Morgan fingerprint density at radius 2 is 2.00 bits per heavy atom. The van der Waals surface area contributed by atoms with E-state index in [0.717, 1.165) is 32.7 Å². The van der Waals surface area contributed by atoms with Gasteiger partial charge in [0.15, 0.2) is 0 Å². The minimum Gasteiger partial charge on any atom is -0.377 e. The van der Waals surface area contributed by atoms with Crippen LogP contribution in [0.3, 0.4) is 0 Å². The normalized spacial score (nSPS) is 12.9. The molecule has 1 unspecified atom stereocenters. The molecule has 1 aromatic rings. The van der Waals surface area contributed by atoms with E-state index in [-0.39, 0.29) is 0 Å². The number of rotatable bonds is 8. The van der Waals surface area contributed by atoms with Gasteiger partial charge in [-0.25, -0.2) is 0 Å². The predicted octanol–water partition coefficient (Wildman–Crippen LogP) is 3.31. The molecule has 0 amide bonds. The fraction of sp³-hybridized carbons (Fsp3) is 0.571. The van der Waals surface area contributed by atoms with Crippen molar-refractivity contribution in [3.8, 4) is 0 Å². The Kier molecular flexibility index (Phi) is 7.49. The van der Waals surface area contributed by atoms with Gasteiger partial charge in [-0.15, -0.1) is 0 Å². The number of halogens is 1. The topological polar surface area (TPSA) is 12.5 Å². The fourth-order valence-electron chi connectivity index (χ4n) is 1.72. The summed E-state index contributed by atoms with van der Waals surface area (Å²) in [4.78, 5) is 2.88. The SMILES string of the molecule is CC(Br)CN(C)CCCOCc1ccccc1. The largest absolute Gasteiger partial charge is 0.377 e. The van der Waals surface area contributed by atoms with E-state index in [1.165, 1.54) is 5.56 Å². The highest BCUT2D eigenvalue weighted by molar-refractivity contribution is 9.09. The van der Waals surface area contributed by atoms with E-state index < -0.39 is 0 Å². The Bertz CT molecular complexity index is 290. The van der Waals surface area contributed by atoms with Crippen LogP contribution < -0.4 is 0 Å². The van der Waals surface area contributed by atoms with Crippen LogP contribution in [0.5, 0.6) is 0 Å². The summed E-state index contributed by atoms with van der Waals surface area (Å²) in [6.07, 6.45) is 1.09. The van der Waals surface area contributed by atoms with Gasteiger partial charge in [0.25, 0.3) is 0 Å². The minimum atomic E-state index is 0.553. The van der Waals surface area contributed by atoms with Crippen LogP contribution in [0.1, 0.15) is 18.9 Å². The summed E-state index contributed by atoms with van der Waals surface area (Å²) in [6.45, 7) is 5.89. The zero-order valence-electron chi connectivity index (χ0n) is 10.7. The van der Waals surface area contributed by atoms with E-state index in [4.69, 9.17) is 4.74 Å². The van der Waals surface area contributed by atoms with E-state index in [9.17, 15) is 0 Å². The van der Waals surface area contributed by atoms with Gasteiger partial charge in [0, 0.05) is 24.5 Å². The smallest absolute Gasteiger partial charge is 0.0716 e. The molecule has 1 atom stereocenters. The number of hydrogen-bond donors (Lipinski definition) is 0. The van der Waals surface area contributed by atoms with Crippen molar-refractivity contribution in [3.63, 3.8) is 0 Å². The maximum atomic E-state index is 5.64. The van der Waals surface area contributed by atoms with Crippen LogP contribution in [0, 0.1) is 0 Å². The van der Waals surface area contributed by atoms with Crippen LogP contribution in [0.4, 0.5) is 0 Å². The van der Waals surface area contributed by atoms with Crippen molar-refractivity contribution in [1.82, 2.24) is 4.90 Å². The van der Waals surface area contributed by atoms with Crippen molar-refractivity contribution in [2.45, 2.75) is 24.8 Å². The molecule has 0 aliphatic rings. The molecule has 0 saturated carbocycles. The Hall–Kier alpha value is -0.380. The summed E-state index contributed by atoms with van der Waals surface area (Å²) in [6, 6.07) is 10.3. The first kappa shape index (κ1) is 14.7. The van der Waals surface area contributed by atoms with Crippen molar-refractivity contribution in [2.75, 3.05) is 26.7 Å². The third-order valence-corrected chi connectivity index (χ3v) is 2.79. The molecule has 0 radical (unpaired) electrons. The molecule has 0 heterocycles. The summed E-state index contributed by atoms with van der Waals surface area (Å²) in [7, 11) is 2.15. The molecule has 0 aliphatic heterocycles. The quantitative estimate of drug-likeness (QED) is 0.539. The van der Waals surface area contributed by atoms with Crippen LogP contribution in [-0.4, -0.2) is 36.5 Å². The summed E-state index contributed by atoms with van der Waals surface area (Å²) in [5.74, 6) is 0. The number of alkyl halides is 1. The molecule has 1 rings (SSSR count). The molecule has 0 fully saturated rings. The predicted molar refractivity (Wildman–Crippen MR) is 76.6 cm³/mol. The maximum absolute atomic E-state index is 5.64. The molecule has 3 heteroatoms. The number of ether oxygens (including phenoxy) is 1. The number of hydrogen-bond acceptors (Lipinski definition) is 2. The lowest BCUT2D eigenvalue weighted by Crippen LogP contribution is -2.26. The second-order valence-corrected chi connectivity index (χ2v) is 6.00. The van der Waals surface area contributed by atoms with Gasteiger partial charge in [-0.3, -0.25) is 0 Å². The minimum absolute atomic E-state index is 0.553. The van der Waals surface area contributed by atoms with Crippen LogP contribution in [0.25, 0.3) is 0 Å². The van der Waals surface area contributed by atoms with Gasteiger partial charge in [0.05, 0.1) is 6.61 Å². The molecule has 1 aromatic carbocycles. The van der Waals surface area contributed by atoms with E-state index in [1.807, 2.05) is 18.2 Å². The van der Waals surface area contributed by atoms with Crippen molar-refractivity contribution in [2.24, 2.45) is 0 Å². The van der Waals surface area contributed by atoms with Crippen LogP contribution in [-0.2, 0) is 11.3 Å². The Labute approximate surface area is 113 Å². The second-order valence-electron chi connectivity index (χ2n) is 4.43. The van der Waals surface area contributed by atoms with Crippen molar-refractivity contribution in [1.29, 1.82) is 0 Å². The lowest BCUT2D eigenvalue weighted by molar-refractivity contribution is 0.111. The van der Waals surface area contributed by atoms with Gasteiger partial charge < -0.3 is 9.64 Å². The van der Waals surface area contributed by atoms with Gasteiger partial charge in [-0.1, -0.05) is 53.2 Å². The molecule has 2 nitrogen and oxygen atoms in total. The van der Waals surface area contributed by atoms with E-state index >= 15 is 0 Å². The second kappa shape index (κ2) is 8.67. The summed E-state index contributed by atoms with van der Waals surface area (Å²) in [5, 5.41) is 0. The van der Waals surface area contributed by atoms with Gasteiger partial charge in [-0.2, -0.15) is 0 Å². The molecule has 96 valence electrons. The summed E-state index contributed by atoms with van der Waals surface area (Å²) in [5.41, 5.74) is 1.25. The van der Waals surface area contributed by atoms with E-state index in [2.05, 4.69) is 46.9 Å². The first-order valence-corrected chi connectivity index (χ1v) is 7.04. The summed E-state index contributed by atoms with van der Waals surface area (Å²) >= 11 is 3.56. The van der Waals surface area contributed by atoms with Crippen LogP contribution >= 0.6 is 15.9 Å².